The van der Waals surface area contributed by atoms with E-state index >= 15 is 0 Å². The second-order valence-corrected chi connectivity index (χ2v) is 5.05. The second-order valence-electron chi connectivity index (χ2n) is 5.05. The third-order valence-corrected chi connectivity index (χ3v) is 3.11. The van der Waals surface area contributed by atoms with E-state index in [0.29, 0.717) is 12.2 Å². The Hall–Kier alpha value is -2.05. The minimum atomic E-state index is -1.09. The molecule has 2 rings (SSSR count). The van der Waals surface area contributed by atoms with Crippen molar-refractivity contribution in [2.75, 3.05) is 6.54 Å². The van der Waals surface area contributed by atoms with Crippen molar-refractivity contribution in [1.29, 1.82) is 0 Å². The molecule has 0 aliphatic carbocycles. The van der Waals surface area contributed by atoms with Crippen molar-refractivity contribution in [1.82, 2.24) is 15.2 Å². The molecule has 2 heterocycles. The number of oxazole rings is 1. The van der Waals surface area contributed by atoms with Crippen molar-refractivity contribution in [3.05, 3.63) is 18.4 Å². The van der Waals surface area contributed by atoms with Crippen LogP contribution in [0.2, 0.25) is 0 Å². The molecule has 0 radical (unpaired) electrons. The van der Waals surface area contributed by atoms with Crippen molar-refractivity contribution in [3.8, 4) is 0 Å². The zero-order valence-electron chi connectivity index (χ0n) is 10.9. The second kappa shape index (κ2) is 5.29. The molecule has 0 aromatic carbocycles. The number of nitrogens with one attached hydrogen (secondary N) is 1. The fourth-order valence-corrected chi connectivity index (χ4v) is 2.23. The summed E-state index contributed by atoms with van der Waals surface area (Å²) in [7, 11) is 0. The maximum absolute atomic E-state index is 12.1. The van der Waals surface area contributed by atoms with E-state index in [1.807, 2.05) is 13.8 Å². The maximum Gasteiger partial charge on any atom is 0.408 e. The lowest BCUT2D eigenvalue weighted by molar-refractivity contribution is -0.130. The Kier molecular flexibility index (Phi) is 3.73. The number of nitrogens with zero attached hydrogens (tertiary/aromatic N) is 2. The predicted molar refractivity (Wildman–Crippen MR) is 65.4 cm³/mol. The first-order valence-corrected chi connectivity index (χ1v) is 6.17. The number of aromatic nitrogens is 1. The van der Waals surface area contributed by atoms with Crippen molar-refractivity contribution < 1.29 is 19.1 Å². The maximum atomic E-state index is 12.1. The van der Waals surface area contributed by atoms with Gasteiger partial charge in [0.15, 0.2) is 6.39 Å². The molecule has 104 valence electrons. The summed E-state index contributed by atoms with van der Waals surface area (Å²) in [6, 6.07) is -1.12. The zero-order chi connectivity index (χ0) is 14.0. The molecule has 2 unspecified atom stereocenters. The van der Waals surface area contributed by atoms with Crippen LogP contribution in [-0.4, -0.2) is 39.6 Å². The van der Waals surface area contributed by atoms with Crippen molar-refractivity contribution >= 4 is 12.0 Å². The Bertz CT molecular complexity index is 458. The smallest absolute Gasteiger partial charge is 0.408 e. The van der Waals surface area contributed by atoms with Crippen LogP contribution in [-0.2, 0) is 4.79 Å². The van der Waals surface area contributed by atoms with E-state index < -0.39 is 18.2 Å². The van der Waals surface area contributed by atoms with Gasteiger partial charge in [0.25, 0.3) is 0 Å². The molecule has 1 aromatic heterocycles. The van der Waals surface area contributed by atoms with Crippen molar-refractivity contribution in [2.45, 2.75) is 32.4 Å². The molecule has 19 heavy (non-hydrogen) atoms. The molecule has 2 amide bonds. The van der Waals surface area contributed by atoms with Crippen LogP contribution in [0, 0.1) is 5.92 Å². The van der Waals surface area contributed by atoms with Gasteiger partial charge in [-0.3, -0.25) is 9.69 Å². The van der Waals surface area contributed by atoms with Gasteiger partial charge in [0.1, 0.15) is 17.8 Å². The lowest BCUT2D eigenvalue weighted by atomic mass is 9.98. The van der Waals surface area contributed by atoms with Gasteiger partial charge in [-0.2, -0.15) is 0 Å². The minimum absolute atomic E-state index is 0.174. The van der Waals surface area contributed by atoms with Crippen LogP contribution in [0.4, 0.5) is 4.79 Å². The summed E-state index contributed by atoms with van der Waals surface area (Å²) < 4.78 is 5.12. The first-order valence-electron chi connectivity index (χ1n) is 6.17. The van der Waals surface area contributed by atoms with Crippen molar-refractivity contribution in [3.63, 3.8) is 0 Å². The summed E-state index contributed by atoms with van der Waals surface area (Å²) in [5.74, 6) is 0.408. The summed E-state index contributed by atoms with van der Waals surface area (Å²) in [5, 5.41) is 12.0. The Morgan fingerprint density at radius 3 is 2.95 bits per heavy atom. The Balaban J connectivity index is 2.18. The van der Waals surface area contributed by atoms with Crippen LogP contribution in [0.3, 0.4) is 0 Å². The van der Waals surface area contributed by atoms with E-state index in [2.05, 4.69) is 10.3 Å². The molecule has 0 bridgehead atoms. The van der Waals surface area contributed by atoms with E-state index in [1.165, 1.54) is 17.5 Å². The molecule has 2 N–H and O–H groups in total. The molecule has 1 saturated heterocycles. The quantitative estimate of drug-likeness (QED) is 0.859. The van der Waals surface area contributed by atoms with Gasteiger partial charge in [0.05, 0.1) is 12.7 Å². The molecule has 1 aliphatic rings. The highest BCUT2D eigenvalue weighted by molar-refractivity contribution is 5.86. The van der Waals surface area contributed by atoms with Crippen molar-refractivity contribution in [2.24, 2.45) is 5.92 Å². The molecule has 0 saturated carbocycles. The number of carbonyl (C=O) groups excluding carboxylic acids is 1. The summed E-state index contributed by atoms with van der Waals surface area (Å²) in [4.78, 5) is 28.3. The van der Waals surface area contributed by atoms with Crippen LogP contribution >= 0.6 is 0 Å². The fraction of sp³-hybridized carbons (Fsp3) is 0.583. The van der Waals surface area contributed by atoms with Crippen LogP contribution in [0.1, 0.15) is 32.1 Å². The molecule has 7 heteroatoms. The SMILES string of the molecule is CC(C)CC1C(=O)NC(c2cnco2)CN1C(=O)O. The van der Waals surface area contributed by atoms with E-state index in [4.69, 9.17) is 4.42 Å². The Morgan fingerprint density at radius 1 is 1.68 bits per heavy atom. The molecular formula is C12H17N3O4. The number of rotatable bonds is 3. The van der Waals surface area contributed by atoms with Gasteiger partial charge in [-0.05, 0) is 12.3 Å². The lowest BCUT2D eigenvalue weighted by Gasteiger charge is -2.37. The summed E-state index contributed by atoms with van der Waals surface area (Å²) in [6.07, 6.45) is 2.15. The van der Waals surface area contributed by atoms with Crippen LogP contribution < -0.4 is 5.32 Å². The predicted octanol–water partition coefficient (Wildman–Crippen LogP) is 1.24. The molecule has 1 aliphatic heterocycles. The van der Waals surface area contributed by atoms with Gasteiger partial charge in [-0.1, -0.05) is 13.8 Å². The van der Waals surface area contributed by atoms with Gasteiger partial charge in [-0.15, -0.1) is 0 Å². The number of amides is 2. The highest BCUT2D eigenvalue weighted by Gasteiger charge is 2.39. The summed E-state index contributed by atoms with van der Waals surface area (Å²) >= 11 is 0. The average molecular weight is 267 g/mol. The minimum Gasteiger partial charge on any atom is -0.465 e. The average Bonchev–Trinajstić information content (AvgIpc) is 2.84. The number of hydrogen-bond acceptors (Lipinski definition) is 4. The number of carbonyl (C=O) groups is 2. The van der Waals surface area contributed by atoms with Crippen LogP contribution in [0.25, 0.3) is 0 Å². The van der Waals surface area contributed by atoms with Gasteiger partial charge >= 0.3 is 6.09 Å². The first-order chi connectivity index (χ1) is 8.99. The zero-order valence-corrected chi connectivity index (χ0v) is 10.9. The van der Waals surface area contributed by atoms with Gasteiger partial charge in [0, 0.05) is 0 Å². The third-order valence-electron chi connectivity index (χ3n) is 3.11. The molecular weight excluding hydrogens is 250 g/mol. The third kappa shape index (κ3) is 2.86. The molecule has 2 atom stereocenters. The Labute approximate surface area is 110 Å². The van der Waals surface area contributed by atoms with E-state index in [0.717, 1.165) is 0 Å². The summed E-state index contributed by atoms with van der Waals surface area (Å²) in [5.41, 5.74) is 0. The Morgan fingerprint density at radius 2 is 2.42 bits per heavy atom. The summed E-state index contributed by atoms with van der Waals surface area (Å²) in [6.45, 7) is 4.08. The highest BCUT2D eigenvalue weighted by Crippen LogP contribution is 2.23. The van der Waals surface area contributed by atoms with Crippen LogP contribution in [0.15, 0.2) is 17.0 Å². The number of carboxylic acid groups (broad SMARTS) is 1. The van der Waals surface area contributed by atoms with Crippen LogP contribution in [0.5, 0.6) is 0 Å². The topological polar surface area (TPSA) is 95.7 Å². The molecule has 0 spiro atoms. The standard InChI is InChI=1S/C12H17N3O4/c1-7(2)3-9-11(16)14-8(5-15(9)12(17)18)10-4-13-6-19-10/h4,6-9H,3,5H2,1-2H3,(H,14,16)(H,17,18). The molecule has 1 fully saturated rings. The largest absolute Gasteiger partial charge is 0.465 e. The van der Waals surface area contributed by atoms with Gasteiger partial charge in [0.2, 0.25) is 5.91 Å². The van der Waals surface area contributed by atoms with E-state index in [-0.39, 0.29) is 18.4 Å². The lowest BCUT2D eigenvalue weighted by Crippen LogP contribution is -2.58. The fourth-order valence-electron chi connectivity index (χ4n) is 2.23. The first kappa shape index (κ1) is 13.4. The molecule has 1 aromatic rings. The van der Waals surface area contributed by atoms with E-state index in [9.17, 15) is 14.7 Å². The molecule has 7 nitrogen and oxygen atoms in total. The van der Waals surface area contributed by atoms with E-state index in [1.54, 1.807) is 0 Å². The monoisotopic (exact) mass is 267 g/mol. The van der Waals surface area contributed by atoms with Gasteiger partial charge < -0.3 is 14.8 Å². The highest BCUT2D eigenvalue weighted by atomic mass is 16.4. The van der Waals surface area contributed by atoms with Gasteiger partial charge in [-0.25, -0.2) is 9.78 Å². The number of hydrogen-bond donors (Lipinski definition) is 2. The number of piperazine rings is 1. The normalized spacial score (nSPS) is 23.5.